The molecule has 32 heavy (non-hydrogen) atoms. The number of halogens is 5. The van der Waals surface area contributed by atoms with E-state index in [1.54, 1.807) is 12.1 Å². The molecule has 4 nitrogen and oxygen atoms in total. The fraction of sp³-hybridized carbons (Fsp3) is 0.136. The zero-order chi connectivity index (χ0) is 23.3. The summed E-state index contributed by atoms with van der Waals surface area (Å²) in [6, 6.07) is 15.6. The number of alkyl halides is 3. The Morgan fingerprint density at radius 1 is 1.09 bits per heavy atom. The smallest absolute Gasteiger partial charge is 0.248 e. The van der Waals surface area contributed by atoms with Crippen molar-refractivity contribution in [2.24, 2.45) is 0 Å². The maximum absolute atomic E-state index is 13.5. The molecule has 0 unspecified atom stereocenters. The van der Waals surface area contributed by atoms with Crippen molar-refractivity contribution in [1.82, 2.24) is 8.96 Å². The van der Waals surface area contributed by atoms with Gasteiger partial charge in [-0.3, -0.25) is 0 Å². The molecule has 2 heterocycles. The predicted octanol–water partition coefficient (Wildman–Crippen LogP) is 6.30. The predicted molar refractivity (Wildman–Crippen MR) is 117 cm³/mol. The molecule has 0 amide bonds. The molecular formula is C22H14Cl2F3N2O2S. The maximum atomic E-state index is 13.5. The molecule has 4 rings (SSSR count). The summed E-state index contributed by atoms with van der Waals surface area (Å²) < 4.78 is 68.3. The summed E-state index contributed by atoms with van der Waals surface area (Å²) in [7, 11) is -4.25. The van der Waals surface area contributed by atoms with Crippen LogP contribution in [-0.4, -0.2) is 17.4 Å². The zero-order valence-corrected chi connectivity index (χ0v) is 18.7. The Morgan fingerprint density at radius 3 is 2.41 bits per heavy atom. The molecule has 0 spiro atoms. The van der Waals surface area contributed by atoms with Crippen LogP contribution in [0, 0.1) is 13.0 Å². The molecule has 0 saturated carbocycles. The van der Waals surface area contributed by atoms with Gasteiger partial charge in [0.15, 0.2) is 0 Å². The number of pyridine rings is 1. The Kier molecular flexibility index (Phi) is 5.73. The summed E-state index contributed by atoms with van der Waals surface area (Å²) in [6.45, 7) is 1.40. The van der Waals surface area contributed by atoms with Crippen LogP contribution in [0.5, 0.6) is 0 Å². The number of aromatic nitrogens is 2. The van der Waals surface area contributed by atoms with Crippen LogP contribution >= 0.6 is 23.2 Å². The van der Waals surface area contributed by atoms with Gasteiger partial charge in [0.2, 0.25) is 0 Å². The van der Waals surface area contributed by atoms with Crippen molar-refractivity contribution in [3.8, 4) is 0 Å². The lowest BCUT2D eigenvalue weighted by atomic mass is 10.1. The van der Waals surface area contributed by atoms with Crippen molar-refractivity contribution in [3.63, 3.8) is 0 Å². The number of benzene rings is 2. The lowest BCUT2D eigenvalue weighted by Gasteiger charge is -2.14. The van der Waals surface area contributed by atoms with Crippen LogP contribution in [0.25, 0.3) is 10.9 Å². The molecule has 0 aliphatic heterocycles. The third-order valence-electron chi connectivity index (χ3n) is 4.94. The van der Waals surface area contributed by atoms with Gasteiger partial charge in [-0.05, 0) is 42.8 Å². The van der Waals surface area contributed by atoms with Gasteiger partial charge in [-0.1, -0.05) is 47.5 Å². The van der Waals surface area contributed by atoms with Crippen molar-refractivity contribution < 1.29 is 21.6 Å². The van der Waals surface area contributed by atoms with Crippen LogP contribution in [-0.2, 0) is 22.6 Å². The second kappa shape index (κ2) is 8.10. The molecule has 4 aromatic rings. The van der Waals surface area contributed by atoms with Crippen LogP contribution in [0.15, 0.2) is 59.5 Å². The Hall–Kier alpha value is -2.55. The topological polar surface area (TPSA) is 52.0 Å². The second-order valence-corrected chi connectivity index (χ2v) is 9.61. The molecular weight excluding hydrogens is 484 g/mol. The summed E-state index contributed by atoms with van der Waals surface area (Å²) in [5, 5.41) is 0.755. The van der Waals surface area contributed by atoms with E-state index in [-0.39, 0.29) is 43.7 Å². The molecule has 10 heteroatoms. The molecule has 1 radical (unpaired) electrons. The molecule has 2 aromatic heterocycles. The minimum absolute atomic E-state index is 0.0451. The summed E-state index contributed by atoms with van der Waals surface area (Å²) in [5.41, 5.74) is -0.659. The van der Waals surface area contributed by atoms with Gasteiger partial charge in [-0.2, -0.15) is 13.2 Å². The Morgan fingerprint density at radius 2 is 1.78 bits per heavy atom. The fourth-order valence-electron chi connectivity index (χ4n) is 3.47. The monoisotopic (exact) mass is 497 g/mol. The van der Waals surface area contributed by atoms with Gasteiger partial charge in [0.1, 0.15) is 5.69 Å². The number of hydrogen-bond acceptors (Lipinski definition) is 3. The van der Waals surface area contributed by atoms with Crippen molar-refractivity contribution in [1.29, 1.82) is 0 Å². The minimum atomic E-state index is -4.74. The van der Waals surface area contributed by atoms with E-state index in [9.17, 15) is 21.6 Å². The lowest BCUT2D eigenvalue weighted by Crippen LogP contribution is -2.17. The van der Waals surface area contributed by atoms with Gasteiger partial charge >= 0.3 is 6.18 Å². The van der Waals surface area contributed by atoms with Gasteiger partial charge in [-0.25, -0.2) is 17.4 Å². The number of nitrogens with zero attached hydrogens (tertiary/aromatic N) is 2. The maximum Gasteiger partial charge on any atom is 0.433 e. The van der Waals surface area contributed by atoms with Gasteiger partial charge in [0, 0.05) is 34.3 Å². The van der Waals surface area contributed by atoms with Gasteiger partial charge in [-0.15, -0.1) is 0 Å². The SMILES string of the molecule is Cc1nc(C(F)(F)F)cc2c1cc(Cc1c(Cl)[c]ccc1Cl)n2S(=O)(=O)c1ccccc1. The molecule has 165 valence electrons. The van der Waals surface area contributed by atoms with Gasteiger partial charge in [0.25, 0.3) is 10.0 Å². The van der Waals surface area contributed by atoms with E-state index in [2.05, 4.69) is 11.1 Å². The molecule has 0 bridgehead atoms. The first-order valence-electron chi connectivity index (χ1n) is 9.24. The van der Waals surface area contributed by atoms with Gasteiger partial charge < -0.3 is 0 Å². The van der Waals surface area contributed by atoms with E-state index in [4.69, 9.17) is 23.2 Å². The lowest BCUT2D eigenvalue weighted by molar-refractivity contribution is -0.141. The number of rotatable bonds is 4. The van der Waals surface area contributed by atoms with Crippen LogP contribution in [0.1, 0.15) is 22.6 Å². The standard InChI is InChI=1S/C22H14Cl2F3N2O2S/c1-13-16-10-14(11-17-18(23)8-5-9-19(17)24)29(20(16)12-21(28-13)22(25,26)27)32(30,31)15-6-3-2-4-7-15/h2-8,10,12H,11H2,1H3. The highest BCUT2D eigenvalue weighted by molar-refractivity contribution is 7.90. The quantitative estimate of drug-likeness (QED) is 0.332. The molecule has 0 N–H and O–H groups in total. The molecule has 0 aliphatic carbocycles. The van der Waals surface area contributed by atoms with E-state index in [0.717, 1.165) is 10.0 Å². The Bertz CT molecular complexity index is 1410. The first kappa shape index (κ1) is 22.6. The molecule has 0 atom stereocenters. The van der Waals surface area contributed by atoms with Crippen LogP contribution in [0.3, 0.4) is 0 Å². The van der Waals surface area contributed by atoms with E-state index in [1.807, 2.05) is 0 Å². The second-order valence-electron chi connectivity index (χ2n) is 7.04. The molecule has 0 aliphatic rings. The third-order valence-corrected chi connectivity index (χ3v) is 7.41. The first-order valence-corrected chi connectivity index (χ1v) is 11.4. The summed E-state index contributed by atoms with van der Waals surface area (Å²) >= 11 is 12.5. The minimum Gasteiger partial charge on any atom is -0.248 e. The van der Waals surface area contributed by atoms with Crippen LogP contribution in [0.4, 0.5) is 13.2 Å². The normalized spacial score (nSPS) is 12.4. The van der Waals surface area contributed by atoms with Crippen molar-refractivity contribution in [2.75, 3.05) is 0 Å². The summed E-state index contributed by atoms with van der Waals surface area (Å²) in [5.74, 6) is 0. The van der Waals surface area contributed by atoms with E-state index in [0.29, 0.717) is 5.56 Å². The van der Waals surface area contributed by atoms with Crippen molar-refractivity contribution >= 4 is 44.1 Å². The fourth-order valence-corrected chi connectivity index (χ4v) is 5.52. The highest BCUT2D eigenvalue weighted by Gasteiger charge is 2.35. The highest BCUT2D eigenvalue weighted by Crippen LogP contribution is 2.35. The van der Waals surface area contributed by atoms with Gasteiger partial charge in [0.05, 0.1) is 15.4 Å². The third kappa shape index (κ3) is 3.98. The zero-order valence-electron chi connectivity index (χ0n) is 16.4. The van der Waals surface area contributed by atoms with Crippen LogP contribution in [0.2, 0.25) is 10.0 Å². The number of aryl methyl sites for hydroxylation is 1. The highest BCUT2D eigenvalue weighted by atomic mass is 35.5. The van der Waals surface area contributed by atoms with Crippen molar-refractivity contribution in [3.05, 3.63) is 93.4 Å². The molecule has 0 fully saturated rings. The summed E-state index contributed by atoms with van der Waals surface area (Å²) in [6.07, 6.45) is -4.79. The number of hydrogen-bond donors (Lipinski definition) is 0. The van der Waals surface area contributed by atoms with E-state index in [1.165, 1.54) is 43.3 Å². The summed E-state index contributed by atoms with van der Waals surface area (Å²) in [4.78, 5) is 3.56. The van der Waals surface area contributed by atoms with E-state index >= 15 is 0 Å². The number of fused-ring (bicyclic) bond motifs is 1. The van der Waals surface area contributed by atoms with Crippen molar-refractivity contribution in [2.45, 2.75) is 24.4 Å². The largest absolute Gasteiger partial charge is 0.433 e. The Labute approximate surface area is 192 Å². The molecule has 2 aromatic carbocycles. The average Bonchev–Trinajstić information content (AvgIpc) is 3.10. The van der Waals surface area contributed by atoms with E-state index < -0.39 is 21.9 Å². The average molecular weight is 498 g/mol. The van der Waals surface area contributed by atoms with Crippen LogP contribution < -0.4 is 0 Å². The Balaban J connectivity index is 2.06. The first-order chi connectivity index (χ1) is 15.0. The molecule has 0 saturated heterocycles.